The molecule has 3 amide bonds. The van der Waals surface area contributed by atoms with Crippen molar-refractivity contribution >= 4 is 22.8 Å². The number of likely N-dealkylation sites (tertiary alicyclic amines) is 1. The van der Waals surface area contributed by atoms with Crippen LogP contribution >= 0.6 is 0 Å². The van der Waals surface area contributed by atoms with E-state index in [0.29, 0.717) is 6.42 Å². The summed E-state index contributed by atoms with van der Waals surface area (Å²) in [5.74, 6) is 0.694. The summed E-state index contributed by atoms with van der Waals surface area (Å²) in [6.45, 7) is 2.67. The maximum atomic E-state index is 13.4. The minimum absolute atomic E-state index is 0.0730. The Kier molecular flexibility index (Phi) is 5.81. The van der Waals surface area contributed by atoms with E-state index in [1.807, 2.05) is 24.3 Å². The van der Waals surface area contributed by atoms with Crippen molar-refractivity contribution in [2.24, 2.45) is 13.0 Å². The number of urea groups is 1. The average Bonchev–Trinajstić information content (AvgIpc) is 3.28. The Morgan fingerprint density at radius 2 is 1.82 bits per heavy atom. The zero-order chi connectivity index (χ0) is 23.9. The summed E-state index contributed by atoms with van der Waals surface area (Å²) in [7, 11) is 5.29. The number of aromatic nitrogens is 1. The standard InChI is InChI=1S/C27H32N4O3/c1-29-17-20(23-9-4-5-10-24(23)29)18-31-13-11-21(12-14-31)27(25(32)30(2)26(33)28-27)16-19-7-6-8-22(15-19)34-3/h4-10,15,17,21H,11-14,16,18H2,1-3H3,(H,28,33). The van der Waals surface area contributed by atoms with Crippen LogP contribution in [0.1, 0.15) is 24.0 Å². The lowest BCUT2D eigenvalue weighted by atomic mass is 9.74. The Balaban J connectivity index is 1.35. The van der Waals surface area contributed by atoms with E-state index in [4.69, 9.17) is 4.74 Å². The van der Waals surface area contributed by atoms with Crippen molar-refractivity contribution < 1.29 is 14.3 Å². The van der Waals surface area contributed by atoms with Gasteiger partial charge in [-0.25, -0.2) is 4.79 Å². The molecule has 178 valence electrons. The maximum Gasteiger partial charge on any atom is 0.324 e. The predicted octanol–water partition coefficient (Wildman–Crippen LogP) is 3.56. The van der Waals surface area contributed by atoms with E-state index in [1.54, 1.807) is 14.2 Å². The highest BCUT2D eigenvalue weighted by Crippen LogP contribution is 2.37. The van der Waals surface area contributed by atoms with Crippen molar-refractivity contribution in [1.82, 2.24) is 19.7 Å². The molecule has 2 aromatic carbocycles. The summed E-state index contributed by atoms with van der Waals surface area (Å²) in [5, 5.41) is 4.38. The molecule has 7 nitrogen and oxygen atoms in total. The molecule has 0 saturated carbocycles. The molecule has 2 aliphatic rings. The number of hydrogen-bond donors (Lipinski definition) is 1. The third kappa shape index (κ3) is 3.84. The van der Waals surface area contributed by atoms with Gasteiger partial charge in [-0.3, -0.25) is 14.6 Å². The highest BCUT2D eigenvalue weighted by molar-refractivity contribution is 6.07. The second-order valence-corrected chi connectivity index (χ2v) is 9.63. The first-order valence-corrected chi connectivity index (χ1v) is 11.9. The monoisotopic (exact) mass is 460 g/mol. The molecule has 0 aliphatic carbocycles. The normalized spacial score (nSPS) is 21.9. The van der Waals surface area contributed by atoms with Gasteiger partial charge in [-0.05, 0) is 61.2 Å². The van der Waals surface area contributed by atoms with Crippen LogP contribution in [-0.4, -0.2) is 59.1 Å². The number of nitrogens with zero attached hydrogens (tertiary/aromatic N) is 3. The first-order chi connectivity index (χ1) is 16.4. The fraction of sp³-hybridized carbons (Fsp3) is 0.407. The van der Waals surface area contributed by atoms with E-state index in [0.717, 1.165) is 43.8 Å². The molecule has 0 radical (unpaired) electrons. The molecule has 7 heteroatoms. The summed E-state index contributed by atoms with van der Waals surface area (Å²) >= 11 is 0. The molecule has 3 heterocycles. The Bertz CT molecular complexity index is 1230. The maximum absolute atomic E-state index is 13.4. The number of aryl methyl sites for hydroxylation is 1. The third-order valence-electron chi connectivity index (χ3n) is 7.60. The quantitative estimate of drug-likeness (QED) is 0.571. The number of carbonyl (C=O) groups excluding carboxylic acids is 2. The fourth-order valence-corrected chi connectivity index (χ4v) is 5.74. The lowest BCUT2D eigenvalue weighted by Gasteiger charge is -2.41. The predicted molar refractivity (Wildman–Crippen MR) is 132 cm³/mol. The largest absolute Gasteiger partial charge is 0.497 e. The van der Waals surface area contributed by atoms with Gasteiger partial charge in [-0.2, -0.15) is 0 Å². The SMILES string of the molecule is COc1cccc(CC2(C3CCN(Cc4cn(C)c5ccccc45)CC3)NC(=O)N(C)C2=O)c1. The van der Waals surface area contributed by atoms with E-state index in [2.05, 4.69) is 52.3 Å². The number of carbonyl (C=O) groups is 2. The van der Waals surface area contributed by atoms with Crippen LogP contribution in [0, 0.1) is 5.92 Å². The van der Waals surface area contributed by atoms with Gasteiger partial charge in [0.25, 0.3) is 5.91 Å². The Labute approximate surface area is 200 Å². The van der Waals surface area contributed by atoms with Crippen LogP contribution in [0.15, 0.2) is 54.7 Å². The number of nitrogens with one attached hydrogen (secondary N) is 1. The van der Waals surface area contributed by atoms with Crippen LogP contribution in [0.5, 0.6) is 5.75 Å². The molecular weight excluding hydrogens is 428 g/mol. The number of likely N-dealkylation sites (N-methyl/N-ethyl adjacent to an activating group) is 1. The van der Waals surface area contributed by atoms with Crippen molar-refractivity contribution in [2.75, 3.05) is 27.2 Å². The molecule has 34 heavy (non-hydrogen) atoms. The van der Waals surface area contributed by atoms with Crippen LogP contribution in [0.2, 0.25) is 0 Å². The molecule has 3 aromatic rings. The highest BCUT2D eigenvalue weighted by Gasteiger charge is 2.54. The minimum Gasteiger partial charge on any atom is -0.497 e. The zero-order valence-corrected chi connectivity index (χ0v) is 20.1. The molecule has 1 N–H and O–H groups in total. The van der Waals surface area contributed by atoms with E-state index >= 15 is 0 Å². The highest BCUT2D eigenvalue weighted by atomic mass is 16.5. The smallest absolute Gasteiger partial charge is 0.324 e. The van der Waals surface area contributed by atoms with E-state index in [-0.39, 0.29) is 17.9 Å². The van der Waals surface area contributed by atoms with Gasteiger partial charge in [-0.1, -0.05) is 30.3 Å². The van der Waals surface area contributed by atoms with Gasteiger partial charge < -0.3 is 14.6 Å². The fourth-order valence-electron chi connectivity index (χ4n) is 5.74. The van der Waals surface area contributed by atoms with E-state index in [1.165, 1.54) is 21.4 Å². The third-order valence-corrected chi connectivity index (χ3v) is 7.60. The van der Waals surface area contributed by atoms with Gasteiger partial charge in [0.2, 0.25) is 0 Å². The molecule has 2 saturated heterocycles. The molecule has 0 spiro atoms. The molecule has 2 fully saturated rings. The summed E-state index contributed by atoms with van der Waals surface area (Å²) < 4.78 is 7.56. The van der Waals surface area contributed by atoms with Crippen molar-refractivity contribution in [3.05, 3.63) is 65.9 Å². The lowest BCUT2D eigenvalue weighted by Crippen LogP contribution is -2.57. The van der Waals surface area contributed by atoms with Gasteiger partial charge in [-0.15, -0.1) is 0 Å². The van der Waals surface area contributed by atoms with Crippen molar-refractivity contribution in [1.29, 1.82) is 0 Å². The Hall–Kier alpha value is -3.32. The van der Waals surface area contributed by atoms with Crippen LogP contribution in [0.4, 0.5) is 4.79 Å². The van der Waals surface area contributed by atoms with Crippen LogP contribution in [-0.2, 0) is 24.8 Å². The summed E-state index contributed by atoms with van der Waals surface area (Å²) in [5.41, 5.74) is 2.64. The summed E-state index contributed by atoms with van der Waals surface area (Å²) in [6, 6.07) is 16.0. The van der Waals surface area contributed by atoms with E-state index in [9.17, 15) is 9.59 Å². The molecule has 5 rings (SSSR count). The Morgan fingerprint density at radius 3 is 2.53 bits per heavy atom. The number of amides is 3. The molecule has 1 atom stereocenters. The number of ether oxygens (including phenoxy) is 1. The number of para-hydroxylation sites is 1. The summed E-state index contributed by atoms with van der Waals surface area (Å²) in [4.78, 5) is 29.7. The zero-order valence-electron chi connectivity index (χ0n) is 20.1. The van der Waals surface area contributed by atoms with Crippen molar-refractivity contribution in [3.63, 3.8) is 0 Å². The second kappa shape index (κ2) is 8.80. The molecule has 2 aliphatic heterocycles. The van der Waals surface area contributed by atoms with Crippen molar-refractivity contribution in [3.8, 4) is 5.75 Å². The molecular formula is C27H32N4O3. The van der Waals surface area contributed by atoms with Crippen molar-refractivity contribution in [2.45, 2.75) is 31.3 Å². The second-order valence-electron chi connectivity index (χ2n) is 9.63. The van der Waals surface area contributed by atoms with Gasteiger partial charge >= 0.3 is 6.03 Å². The Morgan fingerprint density at radius 1 is 1.06 bits per heavy atom. The number of rotatable bonds is 6. The average molecular weight is 461 g/mol. The molecule has 1 aromatic heterocycles. The van der Waals surface area contributed by atoms with E-state index < -0.39 is 5.54 Å². The topological polar surface area (TPSA) is 66.8 Å². The first kappa shape index (κ1) is 22.5. The van der Waals surface area contributed by atoms with Gasteiger partial charge in [0.05, 0.1) is 7.11 Å². The number of hydrogen-bond acceptors (Lipinski definition) is 4. The summed E-state index contributed by atoms with van der Waals surface area (Å²) in [6.07, 6.45) is 4.40. The lowest BCUT2D eigenvalue weighted by molar-refractivity contribution is -0.133. The number of benzene rings is 2. The van der Waals surface area contributed by atoms with Crippen LogP contribution in [0.25, 0.3) is 10.9 Å². The number of fused-ring (bicyclic) bond motifs is 1. The number of methoxy groups -OCH3 is 1. The van der Waals surface area contributed by atoms with Crippen LogP contribution in [0.3, 0.4) is 0 Å². The first-order valence-electron chi connectivity index (χ1n) is 11.9. The van der Waals surface area contributed by atoms with Gasteiger partial charge in [0.15, 0.2) is 0 Å². The van der Waals surface area contributed by atoms with Gasteiger partial charge in [0, 0.05) is 44.2 Å². The number of imide groups is 1. The molecule has 0 bridgehead atoms. The minimum atomic E-state index is -0.913. The molecule has 1 unspecified atom stereocenters. The number of piperidine rings is 1. The van der Waals surface area contributed by atoms with Gasteiger partial charge in [0.1, 0.15) is 11.3 Å². The van der Waals surface area contributed by atoms with Crippen LogP contribution < -0.4 is 10.1 Å².